The fourth-order valence-electron chi connectivity index (χ4n) is 1.68. The Kier molecular flexibility index (Phi) is 3.23. The number of hydrogen-bond donors (Lipinski definition) is 2. The van der Waals surface area contributed by atoms with Crippen LogP contribution in [0.4, 0.5) is 0 Å². The highest BCUT2D eigenvalue weighted by Gasteiger charge is 2.14. The SMILES string of the molecule is Cc1[nH]cnc1C(=O)N[C@H](C)c1ccccc1. The maximum atomic E-state index is 11.9. The largest absolute Gasteiger partial charge is 0.348 e. The summed E-state index contributed by atoms with van der Waals surface area (Å²) in [6.45, 7) is 3.78. The van der Waals surface area contributed by atoms with Crippen molar-refractivity contribution in [3.05, 3.63) is 53.6 Å². The van der Waals surface area contributed by atoms with Crippen molar-refractivity contribution in [2.75, 3.05) is 0 Å². The van der Waals surface area contributed by atoms with Crippen LogP contribution in [0.3, 0.4) is 0 Å². The Hall–Kier alpha value is -2.10. The molecule has 0 unspecified atom stereocenters. The number of amides is 1. The molecule has 0 spiro atoms. The molecule has 0 aliphatic carbocycles. The third-order valence-corrected chi connectivity index (χ3v) is 2.69. The van der Waals surface area contributed by atoms with E-state index < -0.39 is 0 Å². The van der Waals surface area contributed by atoms with E-state index in [2.05, 4.69) is 15.3 Å². The van der Waals surface area contributed by atoms with Crippen LogP contribution in [-0.4, -0.2) is 15.9 Å². The van der Waals surface area contributed by atoms with Gasteiger partial charge < -0.3 is 10.3 Å². The van der Waals surface area contributed by atoms with Gasteiger partial charge in [0.15, 0.2) is 0 Å². The lowest BCUT2D eigenvalue weighted by Gasteiger charge is -2.13. The number of rotatable bonds is 3. The maximum absolute atomic E-state index is 11.9. The minimum absolute atomic E-state index is 0.0280. The first-order valence-electron chi connectivity index (χ1n) is 5.54. The number of aromatic amines is 1. The fourth-order valence-corrected chi connectivity index (χ4v) is 1.68. The van der Waals surface area contributed by atoms with Gasteiger partial charge in [-0.25, -0.2) is 4.98 Å². The molecule has 1 aromatic heterocycles. The average Bonchev–Trinajstić information content (AvgIpc) is 2.76. The summed E-state index contributed by atoms with van der Waals surface area (Å²) >= 11 is 0. The van der Waals surface area contributed by atoms with Crippen LogP contribution in [0.1, 0.15) is 34.7 Å². The molecule has 17 heavy (non-hydrogen) atoms. The van der Waals surface area contributed by atoms with Crippen LogP contribution in [0, 0.1) is 6.92 Å². The van der Waals surface area contributed by atoms with Crippen LogP contribution in [0.2, 0.25) is 0 Å². The van der Waals surface area contributed by atoms with E-state index in [1.165, 1.54) is 6.33 Å². The van der Waals surface area contributed by atoms with Gasteiger partial charge in [-0.15, -0.1) is 0 Å². The molecule has 0 fully saturated rings. The molecule has 0 radical (unpaired) electrons. The van der Waals surface area contributed by atoms with E-state index in [0.717, 1.165) is 11.3 Å². The Balaban J connectivity index is 2.08. The van der Waals surface area contributed by atoms with Crippen molar-refractivity contribution in [3.8, 4) is 0 Å². The summed E-state index contributed by atoms with van der Waals surface area (Å²) in [5, 5.41) is 2.92. The van der Waals surface area contributed by atoms with E-state index >= 15 is 0 Å². The number of aryl methyl sites for hydroxylation is 1. The molecule has 2 aromatic rings. The second-order valence-electron chi connectivity index (χ2n) is 3.98. The van der Waals surface area contributed by atoms with E-state index in [9.17, 15) is 4.79 Å². The van der Waals surface area contributed by atoms with Crippen molar-refractivity contribution in [2.45, 2.75) is 19.9 Å². The monoisotopic (exact) mass is 229 g/mol. The van der Waals surface area contributed by atoms with Crippen molar-refractivity contribution < 1.29 is 4.79 Å². The zero-order valence-electron chi connectivity index (χ0n) is 9.90. The standard InChI is InChI=1S/C13H15N3O/c1-9(11-6-4-3-5-7-11)16-13(17)12-10(2)14-8-15-12/h3-9H,1-2H3,(H,14,15)(H,16,17)/t9-/m1/s1. The van der Waals surface area contributed by atoms with Gasteiger partial charge in [-0.3, -0.25) is 4.79 Å². The first-order chi connectivity index (χ1) is 8.18. The quantitative estimate of drug-likeness (QED) is 0.847. The van der Waals surface area contributed by atoms with E-state index in [-0.39, 0.29) is 11.9 Å². The third-order valence-electron chi connectivity index (χ3n) is 2.69. The predicted octanol–water partition coefficient (Wildman–Crippen LogP) is 2.21. The lowest BCUT2D eigenvalue weighted by molar-refractivity contribution is 0.0934. The van der Waals surface area contributed by atoms with Crippen molar-refractivity contribution in [2.24, 2.45) is 0 Å². The van der Waals surface area contributed by atoms with E-state index in [4.69, 9.17) is 0 Å². The molecule has 0 aliphatic heterocycles. The number of hydrogen-bond acceptors (Lipinski definition) is 2. The lowest BCUT2D eigenvalue weighted by Crippen LogP contribution is -2.27. The van der Waals surface area contributed by atoms with Gasteiger partial charge in [0.1, 0.15) is 5.69 Å². The van der Waals surface area contributed by atoms with Gasteiger partial charge in [0.2, 0.25) is 0 Å². The molecule has 1 heterocycles. The van der Waals surface area contributed by atoms with Gasteiger partial charge >= 0.3 is 0 Å². The Morgan fingerprint density at radius 1 is 1.35 bits per heavy atom. The summed E-state index contributed by atoms with van der Waals surface area (Å²) in [7, 11) is 0. The Bertz CT molecular complexity index is 504. The molecule has 88 valence electrons. The number of imidazole rings is 1. The van der Waals surface area contributed by atoms with Crippen molar-refractivity contribution in [1.29, 1.82) is 0 Å². The highest BCUT2D eigenvalue weighted by Crippen LogP contribution is 2.12. The van der Waals surface area contributed by atoms with Crippen LogP contribution in [0.5, 0.6) is 0 Å². The van der Waals surface area contributed by atoms with Crippen molar-refractivity contribution >= 4 is 5.91 Å². The fraction of sp³-hybridized carbons (Fsp3) is 0.231. The first-order valence-corrected chi connectivity index (χ1v) is 5.54. The molecule has 0 aliphatic rings. The highest BCUT2D eigenvalue weighted by molar-refractivity contribution is 5.93. The molecule has 4 nitrogen and oxygen atoms in total. The van der Waals surface area contributed by atoms with Crippen LogP contribution >= 0.6 is 0 Å². The normalized spacial score (nSPS) is 12.1. The Morgan fingerprint density at radius 2 is 2.06 bits per heavy atom. The van der Waals surface area contributed by atoms with Gasteiger partial charge in [-0.05, 0) is 19.4 Å². The second kappa shape index (κ2) is 4.82. The molecule has 2 rings (SSSR count). The van der Waals surface area contributed by atoms with Gasteiger partial charge in [0.25, 0.3) is 5.91 Å². The minimum atomic E-state index is -0.153. The Morgan fingerprint density at radius 3 is 2.65 bits per heavy atom. The van der Waals surface area contributed by atoms with Crippen LogP contribution in [0.15, 0.2) is 36.7 Å². The highest BCUT2D eigenvalue weighted by atomic mass is 16.2. The molecule has 1 amide bonds. The lowest BCUT2D eigenvalue weighted by atomic mass is 10.1. The second-order valence-corrected chi connectivity index (χ2v) is 3.98. The molecule has 1 aromatic carbocycles. The molecule has 1 atom stereocenters. The average molecular weight is 229 g/mol. The summed E-state index contributed by atoms with van der Waals surface area (Å²) in [6, 6.07) is 9.82. The number of nitrogens with one attached hydrogen (secondary N) is 2. The summed E-state index contributed by atoms with van der Waals surface area (Å²) in [5.41, 5.74) is 2.31. The number of carbonyl (C=O) groups excluding carboxylic acids is 1. The van der Waals surface area contributed by atoms with Crippen LogP contribution in [0.25, 0.3) is 0 Å². The molecule has 0 saturated carbocycles. The topological polar surface area (TPSA) is 57.8 Å². The van der Waals surface area contributed by atoms with Gasteiger partial charge in [0, 0.05) is 5.69 Å². The summed E-state index contributed by atoms with van der Waals surface area (Å²) in [4.78, 5) is 18.8. The van der Waals surface area contributed by atoms with E-state index in [0.29, 0.717) is 5.69 Å². The number of aromatic nitrogens is 2. The zero-order valence-corrected chi connectivity index (χ0v) is 9.90. The predicted molar refractivity (Wildman–Crippen MR) is 65.6 cm³/mol. The van der Waals surface area contributed by atoms with Gasteiger partial charge in [-0.2, -0.15) is 0 Å². The Labute approximate surface area is 100 Å². The molecule has 0 saturated heterocycles. The number of benzene rings is 1. The van der Waals surface area contributed by atoms with Crippen LogP contribution in [-0.2, 0) is 0 Å². The van der Waals surface area contributed by atoms with E-state index in [1.807, 2.05) is 44.2 Å². The summed E-state index contributed by atoms with van der Waals surface area (Å²) in [6.07, 6.45) is 1.53. The summed E-state index contributed by atoms with van der Waals surface area (Å²) in [5.74, 6) is -0.153. The van der Waals surface area contributed by atoms with Crippen LogP contribution < -0.4 is 5.32 Å². The zero-order chi connectivity index (χ0) is 12.3. The summed E-state index contributed by atoms with van der Waals surface area (Å²) < 4.78 is 0. The molecular formula is C13H15N3O. The van der Waals surface area contributed by atoms with Gasteiger partial charge in [0.05, 0.1) is 12.4 Å². The number of H-pyrrole nitrogens is 1. The number of carbonyl (C=O) groups is 1. The van der Waals surface area contributed by atoms with E-state index in [1.54, 1.807) is 0 Å². The molecular weight excluding hydrogens is 214 g/mol. The van der Waals surface area contributed by atoms with Crippen molar-refractivity contribution in [1.82, 2.24) is 15.3 Å². The number of nitrogens with zero attached hydrogens (tertiary/aromatic N) is 1. The third kappa shape index (κ3) is 2.53. The van der Waals surface area contributed by atoms with Gasteiger partial charge in [-0.1, -0.05) is 30.3 Å². The molecule has 4 heteroatoms. The van der Waals surface area contributed by atoms with Crippen molar-refractivity contribution in [3.63, 3.8) is 0 Å². The first kappa shape index (κ1) is 11.4. The maximum Gasteiger partial charge on any atom is 0.272 e. The molecule has 2 N–H and O–H groups in total. The molecule has 0 bridgehead atoms. The minimum Gasteiger partial charge on any atom is -0.348 e. The smallest absolute Gasteiger partial charge is 0.272 e.